The number of hydrogen-bond donors (Lipinski definition) is 5. The highest BCUT2D eigenvalue weighted by atomic mass is 32.2. The zero-order valence-electron chi connectivity index (χ0n) is 36.5. The van der Waals surface area contributed by atoms with Crippen molar-refractivity contribution < 1.29 is 42.2 Å². The van der Waals surface area contributed by atoms with Crippen molar-refractivity contribution in [3.8, 4) is 22.9 Å². The van der Waals surface area contributed by atoms with Crippen LogP contribution in [0.3, 0.4) is 0 Å². The van der Waals surface area contributed by atoms with Crippen LogP contribution in [0.25, 0.3) is 22.3 Å². The number of hydrogen-bond acceptors (Lipinski definition) is 12. The van der Waals surface area contributed by atoms with Crippen LogP contribution >= 0.6 is 11.3 Å². The molecule has 3 aromatic rings. The lowest BCUT2D eigenvalue weighted by Crippen LogP contribution is -2.61. The molecule has 5 atom stereocenters. The molecule has 5 N–H and O–H groups in total. The van der Waals surface area contributed by atoms with Crippen LogP contribution in [-0.4, -0.2) is 112 Å². The van der Waals surface area contributed by atoms with Crippen LogP contribution in [-0.2, 0) is 24.2 Å². The summed E-state index contributed by atoms with van der Waals surface area (Å²) in [5.74, 6) is -1.44. The van der Waals surface area contributed by atoms with E-state index in [2.05, 4.69) is 21.3 Å². The van der Waals surface area contributed by atoms with E-state index in [1.54, 1.807) is 25.3 Å². The van der Waals surface area contributed by atoms with E-state index in [9.17, 15) is 32.7 Å². The van der Waals surface area contributed by atoms with Gasteiger partial charge in [-0.1, -0.05) is 51.4 Å². The number of thiazole rings is 1. The second kappa shape index (κ2) is 18.4. The molecule has 3 aliphatic carbocycles. The molecule has 0 spiro atoms. The Morgan fingerprint density at radius 2 is 1.71 bits per heavy atom. The second-order valence-electron chi connectivity index (χ2n) is 18.7. The van der Waals surface area contributed by atoms with Gasteiger partial charge in [-0.2, -0.15) is 0 Å². The molecule has 2 aliphatic heterocycles. The number of benzene rings is 1. The Morgan fingerprint density at radius 1 is 0.984 bits per heavy atom. The lowest BCUT2D eigenvalue weighted by molar-refractivity contribution is -0.145. The molecule has 2 saturated heterocycles. The van der Waals surface area contributed by atoms with Crippen molar-refractivity contribution in [1.29, 1.82) is 0 Å². The van der Waals surface area contributed by atoms with Crippen LogP contribution in [0.2, 0.25) is 0 Å². The molecule has 342 valence electrons. The fraction of sp³-hybridized carbons (Fsp3) is 0.644. The van der Waals surface area contributed by atoms with E-state index < -0.39 is 62.9 Å². The minimum Gasteiger partial charge on any atom is -0.497 e. The summed E-state index contributed by atoms with van der Waals surface area (Å²) in [5, 5.41) is 25.6. The van der Waals surface area contributed by atoms with Crippen LogP contribution < -0.4 is 30.7 Å². The van der Waals surface area contributed by atoms with E-state index in [0.717, 1.165) is 50.1 Å². The molecule has 5 aliphatic rings. The average Bonchev–Trinajstić information content (AvgIpc) is 4.13. The summed E-state index contributed by atoms with van der Waals surface area (Å²) in [6.45, 7) is 4.05. The Labute approximate surface area is 373 Å². The summed E-state index contributed by atoms with van der Waals surface area (Å²) < 4.78 is 38.9. The molecule has 3 saturated carbocycles. The molecule has 0 radical (unpaired) electrons. The summed E-state index contributed by atoms with van der Waals surface area (Å²) in [4.78, 5) is 67.3. The minimum atomic E-state index is -3.41. The Bertz CT molecular complexity index is 2310. The highest BCUT2D eigenvalue weighted by Crippen LogP contribution is 2.48. The van der Waals surface area contributed by atoms with E-state index in [1.165, 1.54) is 16.2 Å². The molecule has 2 aromatic heterocycles. The zero-order valence-corrected chi connectivity index (χ0v) is 38.1. The largest absolute Gasteiger partial charge is 0.497 e. The van der Waals surface area contributed by atoms with Gasteiger partial charge in [-0.25, -0.2) is 28.0 Å². The first-order valence-corrected chi connectivity index (χ1v) is 25.3. The molecule has 8 rings (SSSR count). The van der Waals surface area contributed by atoms with E-state index in [1.807, 2.05) is 25.3 Å². The number of carboxylic acid groups (broad SMARTS) is 1. The SMILES string of the molecule is COc1ccc2c(O[C@@H]3C[C@H]4C(=O)N[C@]5(C(=O)O)CC5CCCCCCC[C@H](NC(=O)NC5(CS(=O)(=O)C6CC6)CCCCC5)C(=O)N4C3)cc(-c3csc(NC(C)C)n3)nc2c1. The standard InChI is InChI=1S/C45H61N7O9S2/c1-27(2)46-43-49-36(25-62-43)35-22-38(32-17-14-29(60-3)20-34(32)47-35)61-30-21-37-39(53)50-45(41(55)56)23-28(45)12-8-5-4-6-9-13-33(40(54)52(37)24-30)48-42(57)51-44(18-10-7-11-19-44)26-63(58,59)31-15-16-31/h14,17,20,22,25,27-28,30-31,33,37H,4-13,15-16,18-19,21,23-24,26H2,1-3H3,(H,46,49)(H,50,53)(H,55,56)(H2,48,51,57)/t28?,30-,33+,37+,45-/m1/s1. The van der Waals surface area contributed by atoms with Crippen LogP contribution in [0.4, 0.5) is 9.93 Å². The van der Waals surface area contributed by atoms with E-state index in [-0.39, 0.29) is 35.9 Å². The number of rotatable bonds is 12. The maximum atomic E-state index is 14.9. The lowest BCUT2D eigenvalue weighted by atomic mass is 9.83. The molecule has 0 bridgehead atoms. The molecular formula is C45H61N7O9S2. The molecule has 4 amide bonds. The summed E-state index contributed by atoms with van der Waals surface area (Å²) in [6.07, 6.45) is 9.52. The topological polar surface area (TPSA) is 218 Å². The fourth-order valence-electron chi connectivity index (χ4n) is 9.87. The second-order valence-corrected chi connectivity index (χ2v) is 21.9. The van der Waals surface area contributed by atoms with Crippen molar-refractivity contribution in [1.82, 2.24) is 30.8 Å². The van der Waals surface area contributed by atoms with Gasteiger partial charge in [0.25, 0.3) is 0 Å². The number of sulfone groups is 1. The van der Waals surface area contributed by atoms with Crippen molar-refractivity contribution in [3.63, 3.8) is 0 Å². The maximum absolute atomic E-state index is 14.9. The highest BCUT2D eigenvalue weighted by molar-refractivity contribution is 7.92. The number of nitrogens with zero attached hydrogens (tertiary/aromatic N) is 3. The number of aliphatic carboxylic acids is 1. The van der Waals surface area contributed by atoms with Gasteiger partial charge >= 0.3 is 12.0 Å². The number of anilines is 1. The third-order valence-electron chi connectivity index (χ3n) is 13.5. The number of ether oxygens (including phenoxy) is 2. The minimum absolute atomic E-state index is 0.0156. The van der Waals surface area contributed by atoms with Crippen LogP contribution in [0, 0.1) is 5.92 Å². The number of carbonyl (C=O) groups is 4. The van der Waals surface area contributed by atoms with Crippen LogP contribution in [0.15, 0.2) is 29.6 Å². The Balaban J connectivity index is 1.09. The van der Waals surface area contributed by atoms with Gasteiger partial charge in [0.1, 0.15) is 40.9 Å². The quantitative estimate of drug-likeness (QED) is 0.138. The molecular weight excluding hydrogens is 847 g/mol. The Hall–Kier alpha value is -4.71. The van der Waals surface area contributed by atoms with E-state index in [4.69, 9.17) is 19.4 Å². The number of amides is 4. The monoisotopic (exact) mass is 907 g/mol. The first kappa shape index (κ1) is 44.9. The Kier molecular flexibility index (Phi) is 13.1. The van der Waals surface area contributed by atoms with Gasteiger partial charge in [-0.15, -0.1) is 11.3 Å². The molecule has 16 nitrogen and oxygen atoms in total. The van der Waals surface area contributed by atoms with Gasteiger partial charge in [0.15, 0.2) is 15.0 Å². The normalized spacial score (nSPS) is 26.7. The third kappa shape index (κ3) is 10.2. The predicted octanol–water partition coefficient (Wildman–Crippen LogP) is 6.19. The molecule has 1 aromatic carbocycles. The number of urea groups is 1. The van der Waals surface area contributed by atoms with E-state index >= 15 is 0 Å². The number of fused-ring (bicyclic) bond motifs is 3. The molecule has 63 heavy (non-hydrogen) atoms. The molecule has 5 fully saturated rings. The van der Waals surface area contributed by atoms with E-state index in [0.29, 0.717) is 85.2 Å². The smallest absolute Gasteiger partial charge is 0.329 e. The van der Waals surface area contributed by atoms with Gasteiger partial charge in [-0.05, 0) is 76.8 Å². The van der Waals surface area contributed by atoms with Crippen LogP contribution in [0.5, 0.6) is 11.5 Å². The summed E-state index contributed by atoms with van der Waals surface area (Å²) in [6, 6.07) is 4.68. The molecule has 4 heterocycles. The van der Waals surface area contributed by atoms with Crippen molar-refractivity contribution in [2.45, 2.75) is 157 Å². The third-order valence-corrected chi connectivity index (χ3v) is 16.7. The first-order valence-electron chi connectivity index (χ1n) is 22.7. The zero-order chi connectivity index (χ0) is 44.5. The van der Waals surface area contributed by atoms with Gasteiger partial charge in [0.05, 0.1) is 41.4 Å². The number of pyridine rings is 1. The van der Waals surface area contributed by atoms with Crippen molar-refractivity contribution >= 4 is 61.0 Å². The number of aromatic nitrogens is 2. The van der Waals surface area contributed by atoms with Crippen molar-refractivity contribution in [3.05, 3.63) is 29.6 Å². The number of methoxy groups -OCH3 is 1. The number of carboxylic acids is 1. The lowest BCUT2D eigenvalue weighted by Gasteiger charge is -2.38. The summed E-state index contributed by atoms with van der Waals surface area (Å²) >= 11 is 1.46. The molecule has 1 unspecified atom stereocenters. The number of nitrogens with one attached hydrogen (secondary N) is 4. The summed E-state index contributed by atoms with van der Waals surface area (Å²) in [7, 11) is -1.83. The van der Waals surface area contributed by atoms with Gasteiger partial charge in [0.2, 0.25) is 11.8 Å². The predicted molar refractivity (Wildman–Crippen MR) is 240 cm³/mol. The first-order chi connectivity index (χ1) is 30.2. The average molecular weight is 908 g/mol. The van der Waals surface area contributed by atoms with Gasteiger partial charge in [-0.3, -0.25) is 9.59 Å². The highest BCUT2D eigenvalue weighted by Gasteiger charge is 2.62. The van der Waals surface area contributed by atoms with Gasteiger partial charge < -0.3 is 40.7 Å². The Morgan fingerprint density at radius 3 is 2.43 bits per heavy atom. The van der Waals surface area contributed by atoms with Crippen molar-refractivity contribution in [2.75, 3.05) is 24.7 Å². The summed E-state index contributed by atoms with van der Waals surface area (Å²) in [5.41, 5.74) is -0.566. The van der Waals surface area contributed by atoms with Crippen LogP contribution in [0.1, 0.15) is 117 Å². The maximum Gasteiger partial charge on any atom is 0.329 e. The van der Waals surface area contributed by atoms with Crippen molar-refractivity contribution in [2.24, 2.45) is 5.92 Å². The van der Waals surface area contributed by atoms with Gasteiger partial charge in [0, 0.05) is 35.4 Å². The fourth-order valence-corrected chi connectivity index (χ4v) is 12.9. The number of carbonyl (C=O) groups excluding carboxylic acids is 3. The molecule has 18 heteroatoms.